The number of alkyl halides is 1. The zero-order valence-corrected chi connectivity index (χ0v) is 17.0. The van der Waals surface area contributed by atoms with E-state index in [0.717, 1.165) is 29.4 Å². The van der Waals surface area contributed by atoms with Crippen LogP contribution in [0.15, 0.2) is 43.0 Å². The van der Waals surface area contributed by atoms with Gasteiger partial charge in [-0.3, -0.25) is 0 Å². The van der Waals surface area contributed by atoms with Crippen LogP contribution in [0.2, 0.25) is 0 Å². The van der Waals surface area contributed by atoms with Gasteiger partial charge in [0.15, 0.2) is 0 Å². The Bertz CT molecular complexity index is 863. The second-order valence-corrected chi connectivity index (χ2v) is 10.6. The first kappa shape index (κ1) is 17.9. The number of hydrogen-bond acceptors (Lipinski definition) is 2. The van der Waals surface area contributed by atoms with E-state index in [9.17, 15) is 4.39 Å². The number of fused-ring (bicyclic) bond motifs is 1. The summed E-state index contributed by atoms with van der Waals surface area (Å²) in [4.78, 5) is 12.1. The Kier molecular flexibility index (Phi) is 5.82. The van der Waals surface area contributed by atoms with Crippen LogP contribution in [0.25, 0.3) is 11.0 Å². The van der Waals surface area contributed by atoms with E-state index in [1.165, 1.54) is 41.9 Å². The topological polar surface area (TPSA) is 41.6 Å². The van der Waals surface area contributed by atoms with Gasteiger partial charge in [-0.05, 0) is 0 Å². The number of pyridine rings is 2. The van der Waals surface area contributed by atoms with Gasteiger partial charge in [0.2, 0.25) is 0 Å². The van der Waals surface area contributed by atoms with Gasteiger partial charge in [-0.25, -0.2) is 0 Å². The third kappa shape index (κ3) is 4.24. The standard InChI is InChI=1S/C21H24FIN3/c22-17-10-16(12-24-13-17)15-6-3-1-2-4-7-18(11-15)23-19-14-26-20-8-5-9-25-21(19)20/h5,8-10,12-15,18,26H,1-4,6-7,11H2/q-1. The van der Waals surface area contributed by atoms with Crippen molar-refractivity contribution in [1.29, 1.82) is 0 Å². The molecule has 0 amide bonds. The molecule has 3 aromatic heterocycles. The van der Waals surface area contributed by atoms with E-state index < -0.39 is 0 Å². The van der Waals surface area contributed by atoms with Crippen LogP contribution in [0.1, 0.15) is 56.4 Å². The Labute approximate surface area is 164 Å². The number of aromatic amines is 1. The molecule has 26 heavy (non-hydrogen) atoms. The fourth-order valence-electron chi connectivity index (χ4n) is 3.88. The molecule has 3 aromatic rings. The molecule has 3 heterocycles. The van der Waals surface area contributed by atoms with E-state index >= 15 is 0 Å². The predicted octanol–water partition coefficient (Wildman–Crippen LogP) is 2.25. The van der Waals surface area contributed by atoms with Crippen LogP contribution in [0.3, 0.4) is 0 Å². The Morgan fingerprint density at radius 3 is 2.88 bits per heavy atom. The Hall–Kier alpha value is -1.50. The monoisotopic (exact) mass is 464 g/mol. The molecule has 0 aromatic carbocycles. The molecule has 5 heteroatoms. The quantitative estimate of drug-likeness (QED) is 0.478. The van der Waals surface area contributed by atoms with Crippen molar-refractivity contribution in [3.05, 3.63) is 57.9 Å². The number of aromatic nitrogens is 3. The molecule has 0 spiro atoms. The van der Waals surface area contributed by atoms with Crippen molar-refractivity contribution in [1.82, 2.24) is 15.0 Å². The van der Waals surface area contributed by atoms with Gasteiger partial charge in [-0.2, -0.15) is 0 Å². The predicted molar refractivity (Wildman–Crippen MR) is 97.8 cm³/mol. The van der Waals surface area contributed by atoms with Crippen molar-refractivity contribution < 1.29 is 25.6 Å². The number of rotatable bonds is 3. The Morgan fingerprint density at radius 1 is 1.12 bits per heavy atom. The third-order valence-electron chi connectivity index (χ3n) is 5.22. The van der Waals surface area contributed by atoms with Gasteiger partial charge in [0, 0.05) is 0 Å². The van der Waals surface area contributed by atoms with E-state index in [1.54, 1.807) is 6.07 Å². The number of hydrogen-bond donors (Lipinski definition) is 1. The minimum absolute atomic E-state index is 0.136. The molecule has 3 nitrogen and oxygen atoms in total. The van der Waals surface area contributed by atoms with E-state index in [-0.39, 0.29) is 27.0 Å². The minimum atomic E-state index is -0.213. The SMILES string of the molecule is Fc1cncc(C2CCCCCCC([I-]c3c[nH]c4cccnc34)C2)c1. The van der Waals surface area contributed by atoms with E-state index in [4.69, 9.17) is 0 Å². The molecule has 2 atom stereocenters. The van der Waals surface area contributed by atoms with E-state index in [2.05, 4.69) is 27.2 Å². The molecule has 1 aliphatic carbocycles. The molecule has 0 saturated heterocycles. The van der Waals surface area contributed by atoms with Gasteiger partial charge < -0.3 is 0 Å². The maximum atomic E-state index is 13.7. The van der Waals surface area contributed by atoms with Gasteiger partial charge >= 0.3 is 164 Å². The van der Waals surface area contributed by atoms with Crippen LogP contribution >= 0.6 is 0 Å². The van der Waals surface area contributed by atoms with Crippen molar-refractivity contribution in [2.75, 3.05) is 0 Å². The second-order valence-electron chi connectivity index (χ2n) is 7.10. The molecule has 1 saturated carbocycles. The van der Waals surface area contributed by atoms with Crippen molar-refractivity contribution in [2.45, 2.75) is 54.8 Å². The third-order valence-corrected chi connectivity index (χ3v) is 8.72. The fourth-order valence-corrected chi connectivity index (χ4v) is 7.51. The summed E-state index contributed by atoms with van der Waals surface area (Å²) in [5.74, 6) is 0.216. The maximum absolute atomic E-state index is 13.7. The Morgan fingerprint density at radius 2 is 2.00 bits per heavy atom. The average Bonchev–Trinajstić information content (AvgIpc) is 3.10. The van der Waals surface area contributed by atoms with Crippen LogP contribution < -0.4 is 21.2 Å². The van der Waals surface area contributed by atoms with Gasteiger partial charge in [0.1, 0.15) is 0 Å². The van der Waals surface area contributed by atoms with Crippen LogP contribution in [0, 0.1) is 9.39 Å². The fraction of sp³-hybridized carbons (Fsp3) is 0.429. The number of halogens is 2. The van der Waals surface area contributed by atoms with E-state index in [1.807, 2.05) is 18.5 Å². The Balaban J connectivity index is 1.56. The van der Waals surface area contributed by atoms with Crippen molar-refractivity contribution in [2.24, 2.45) is 0 Å². The molecule has 0 radical (unpaired) electrons. The molecular formula is C21H24FIN3-. The van der Waals surface area contributed by atoms with Crippen LogP contribution in [0.4, 0.5) is 4.39 Å². The van der Waals surface area contributed by atoms with Crippen molar-refractivity contribution in [3.63, 3.8) is 0 Å². The second kappa shape index (κ2) is 8.46. The summed E-state index contributed by atoms with van der Waals surface area (Å²) >= 11 is -0.136. The summed E-state index contributed by atoms with van der Waals surface area (Å²) in [5, 5.41) is 0. The van der Waals surface area contributed by atoms with Crippen molar-refractivity contribution >= 4 is 11.0 Å². The van der Waals surface area contributed by atoms with Crippen LogP contribution in [-0.4, -0.2) is 18.9 Å². The van der Waals surface area contributed by atoms with Gasteiger partial charge in [0.05, 0.1) is 0 Å². The van der Waals surface area contributed by atoms with E-state index in [0.29, 0.717) is 9.84 Å². The normalized spacial score (nSPS) is 22.0. The van der Waals surface area contributed by atoms with Crippen molar-refractivity contribution in [3.8, 4) is 0 Å². The summed E-state index contributed by atoms with van der Waals surface area (Å²) in [7, 11) is 0. The first-order valence-electron chi connectivity index (χ1n) is 9.45. The summed E-state index contributed by atoms with van der Waals surface area (Å²) in [6.45, 7) is 0. The first-order valence-corrected chi connectivity index (χ1v) is 11.8. The zero-order valence-electron chi connectivity index (χ0n) is 14.8. The van der Waals surface area contributed by atoms with Gasteiger partial charge in [-0.15, -0.1) is 0 Å². The summed E-state index contributed by atoms with van der Waals surface area (Å²) < 4.78 is 15.8. The molecule has 138 valence electrons. The number of H-pyrrole nitrogens is 1. The zero-order chi connectivity index (χ0) is 17.8. The average molecular weight is 464 g/mol. The summed E-state index contributed by atoms with van der Waals surface area (Å²) in [6.07, 6.45) is 16.0. The molecule has 1 aliphatic rings. The molecule has 0 bridgehead atoms. The number of nitrogens with one attached hydrogen (secondary N) is 1. The van der Waals surface area contributed by atoms with Gasteiger partial charge in [0.25, 0.3) is 0 Å². The molecule has 1 N–H and O–H groups in total. The summed E-state index contributed by atoms with van der Waals surface area (Å²) in [6, 6.07) is 5.77. The van der Waals surface area contributed by atoms with Crippen LogP contribution in [-0.2, 0) is 0 Å². The molecular weight excluding hydrogens is 440 g/mol. The molecule has 4 rings (SSSR count). The molecule has 0 aliphatic heterocycles. The first-order chi connectivity index (χ1) is 12.8. The molecule has 2 unspecified atom stereocenters. The number of nitrogens with zero attached hydrogens (tertiary/aromatic N) is 2. The van der Waals surface area contributed by atoms with Crippen LogP contribution in [0.5, 0.6) is 0 Å². The molecule has 1 fully saturated rings. The summed E-state index contributed by atoms with van der Waals surface area (Å²) in [5.41, 5.74) is 3.36. The van der Waals surface area contributed by atoms with Gasteiger partial charge in [-0.1, -0.05) is 0 Å².